The van der Waals surface area contributed by atoms with Gasteiger partial charge in [0.15, 0.2) is 5.16 Å². The number of carbonyl (C=O) groups is 1. The van der Waals surface area contributed by atoms with E-state index in [4.69, 9.17) is 5.73 Å². The van der Waals surface area contributed by atoms with E-state index in [2.05, 4.69) is 15.0 Å². The molecule has 1 aromatic heterocycles. The van der Waals surface area contributed by atoms with Crippen LogP contribution in [0.5, 0.6) is 0 Å². The van der Waals surface area contributed by atoms with Crippen molar-refractivity contribution < 1.29 is 4.79 Å². The van der Waals surface area contributed by atoms with Gasteiger partial charge in [0.25, 0.3) is 0 Å². The molecule has 2 N–H and O–H groups in total. The zero-order valence-corrected chi connectivity index (χ0v) is 10.3. The van der Waals surface area contributed by atoms with Crippen molar-refractivity contribution in [3.8, 4) is 0 Å². The van der Waals surface area contributed by atoms with Crippen LogP contribution in [0.25, 0.3) is 0 Å². The number of rotatable bonds is 3. The normalized spacial score (nSPS) is 15.9. The summed E-state index contributed by atoms with van der Waals surface area (Å²) in [7, 11) is 0. The zero-order valence-electron chi connectivity index (χ0n) is 9.50. The number of thioether (sulfide) groups is 1. The first kappa shape index (κ1) is 12.1. The third-order valence-corrected chi connectivity index (χ3v) is 3.45. The third kappa shape index (κ3) is 3.55. The number of amides is 1. The lowest BCUT2D eigenvalue weighted by Crippen LogP contribution is -2.36. The number of nitrogen functional groups attached to an aromatic ring is 1. The fourth-order valence-electron chi connectivity index (χ4n) is 1.72. The molecule has 0 saturated carbocycles. The molecule has 0 aromatic carbocycles. The molecule has 92 valence electrons. The fourth-order valence-corrected chi connectivity index (χ4v) is 2.44. The topological polar surface area (TPSA) is 85.0 Å². The number of anilines is 1. The second-order valence-electron chi connectivity index (χ2n) is 3.86. The van der Waals surface area contributed by atoms with Crippen LogP contribution in [0.3, 0.4) is 0 Å². The number of likely N-dealkylation sites (tertiary alicyclic amines) is 1. The van der Waals surface area contributed by atoms with Crippen molar-refractivity contribution in [3.63, 3.8) is 0 Å². The van der Waals surface area contributed by atoms with Gasteiger partial charge in [-0.2, -0.15) is 4.98 Å². The van der Waals surface area contributed by atoms with Crippen LogP contribution in [0.4, 0.5) is 5.95 Å². The lowest BCUT2D eigenvalue weighted by molar-refractivity contribution is -0.129. The number of nitrogens with two attached hydrogens (primary N) is 1. The number of hydrogen-bond acceptors (Lipinski definition) is 6. The number of carbonyl (C=O) groups excluding carboxylic acids is 1. The Labute approximate surface area is 104 Å². The summed E-state index contributed by atoms with van der Waals surface area (Å²) >= 11 is 1.30. The molecule has 1 aromatic rings. The standard InChI is InChI=1S/C10H15N5OS/c11-9-12-7-13-10(14-9)17-6-8(16)15-4-2-1-3-5-15/h7H,1-6H2,(H2,11,12,13,14). The minimum absolute atomic E-state index is 0.147. The highest BCUT2D eigenvalue weighted by molar-refractivity contribution is 7.99. The Kier molecular flexibility index (Phi) is 4.13. The van der Waals surface area contributed by atoms with Gasteiger partial charge in [0, 0.05) is 13.1 Å². The molecule has 0 bridgehead atoms. The molecule has 1 fully saturated rings. The van der Waals surface area contributed by atoms with Gasteiger partial charge in [-0.1, -0.05) is 11.8 Å². The Bertz CT molecular complexity index is 394. The van der Waals surface area contributed by atoms with Crippen molar-refractivity contribution in [2.45, 2.75) is 24.4 Å². The van der Waals surface area contributed by atoms with Gasteiger partial charge in [-0.05, 0) is 19.3 Å². The molecule has 7 heteroatoms. The summed E-state index contributed by atoms with van der Waals surface area (Å²) in [6.07, 6.45) is 4.79. The average Bonchev–Trinajstić information content (AvgIpc) is 2.37. The Morgan fingerprint density at radius 1 is 1.35 bits per heavy atom. The zero-order chi connectivity index (χ0) is 12.1. The van der Waals surface area contributed by atoms with Crippen molar-refractivity contribution in [2.24, 2.45) is 0 Å². The molecule has 17 heavy (non-hydrogen) atoms. The second-order valence-corrected chi connectivity index (χ2v) is 4.80. The summed E-state index contributed by atoms with van der Waals surface area (Å²) in [5.41, 5.74) is 5.44. The Morgan fingerprint density at radius 3 is 2.82 bits per heavy atom. The quantitative estimate of drug-likeness (QED) is 0.792. The Balaban J connectivity index is 1.83. The predicted molar refractivity (Wildman–Crippen MR) is 65.4 cm³/mol. The number of piperidine rings is 1. The van der Waals surface area contributed by atoms with E-state index < -0.39 is 0 Å². The van der Waals surface area contributed by atoms with Gasteiger partial charge >= 0.3 is 0 Å². The largest absolute Gasteiger partial charge is 0.368 e. The molecular formula is C10H15N5OS. The summed E-state index contributed by atoms with van der Waals surface area (Å²) in [5, 5.41) is 0.503. The first-order valence-corrected chi connectivity index (χ1v) is 6.59. The van der Waals surface area contributed by atoms with Gasteiger partial charge in [-0.3, -0.25) is 4.79 Å². The van der Waals surface area contributed by atoms with Crippen molar-refractivity contribution in [3.05, 3.63) is 6.33 Å². The minimum atomic E-state index is 0.147. The third-order valence-electron chi connectivity index (χ3n) is 2.60. The van der Waals surface area contributed by atoms with E-state index in [9.17, 15) is 4.79 Å². The molecule has 0 aliphatic carbocycles. The lowest BCUT2D eigenvalue weighted by Gasteiger charge is -2.26. The van der Waals surface area contributed by atoms with Crippen LogP contribution in [0, 0.1) is 0 Å². The molecule has 0 unspecified atom stereocenters. The molecular weight excluding hydrogens is 238 g/mol. The molecule has 2 heterocycles. The SMILES string of the molecule is Nc1ncnc(SCC(=O)N2CCCCC2)n1. The number of aromatic nitrogens is 3. The number of hydrogen-bond donors (Lipinski definition) is 1. The van der Waals surface area contributed by atoms with Gasteiger partial charge < -0.3 is 10.6 Å². The maximum absolute atomic E-state index is 11.9. The highest BCUT2D eigenvalue weighted by atomic mass is 32.2. The average molecular weight is 253 g/mol. The van der Waals surface area contributed by atoms with Crippen LogP contribution in [-0.2, 0) is 4.79 Å². The number of nitrogens with zero attached hydrogens (tertiary/aromatic N) is 4. The van der Waals surface area contributed by atoms with Crippen LogP contribution in [0.1, 0.15) is 19.3 Å². The smallest absolute Gasteiger partial charge is 0.233 e. The van der Waals surface area contributed by atoms with E-state index in [1.807, 2.05) is 4.90 Å². The molecule has 2 rings (SSSR count). The van der Waals surface area contributed by atoms with Crippen LogP contribution in [-0.4, -0.2) is 44.6 Å². The summed E-state index contributed by atoms with van der Waals surface area (Å²) in [5.74, 6) is 0.699. The Hall–Kier alpha value is -1.37. The predicted octanol–water partition coefficient (Wildman–Crippen LogP) is 0.558. The van der Waals surface area contributed by atoms with Gasteiger partial charge in [-0.25, -0.2) is 9.97 Å². The lowest BCUT2D eigenvalue weighted by atomic mass is 10.1. The van der Waals surface area contributed by atoms with Crippen molar-refractivity contribution in [2.75, 3.05) is 24.6 Å². The summed E-state index contributed by atoms with van der Waals surface area (Å²) in [4.78, 5) is 25.4. The maximum atomic E-state index is 11.9. The summed E-state index contributed by atoms with van der Waals surface area (Å²) in [6, 6.07) is 0. The maximum Gasteiger partial charge on any atom is 0.233 e. The van der Waals surface area contributed by atoms with Crippen LogP contribution >= 0.6 is 11.8 Å². The molecule has 0 atom stereocenters. The van der Waals surface area contributed by atoms with Gasteiger partial charge in [-0.15, -0.1) is 0 Å². The van der Waals surface area contributed by atoms with Gasteiger partial charge in [0.2, 0.25) is 11.9 Å². The molecule has 0 spiro atoms. The van der Waals surface area contributed by atoms with Gasteiger partial charge in [0.1, 0.15) is 6.33 Å². The first-order chi connectivity index (χ1) is 8.25. The highest BCUT2D eigenvalue weighted by Crippen LogP contribution is 2.15. The van der Waals surface area contributed by atoms with Crippen LogP contribution in [0.2, 0.25) is 0 Å². The summed E-state index contributed by atoms with van der Waals surface area (Å²) < 4.78 is 0. The van der Waals surface area contributed by atoms with Crippen molar-refractivity contribution >= 4 is 23.6 Å². The second kappa shape index (κ2) is 5.81. The van der Waals surface area contributed by atoms with Crippen LogP contribution < -0.4 is 5.73 Å². The van der Waals surface area contributed by atoms with Gasteiger partial charge in [0.05, 0.1) is 5.75 Å². The molecule has 1 saturated heterocycles. The molecule has 0 radical (unpaired) electrons. The molecule has 6 nitrogen and oxygen atoms in total. The first-order valence-electron chi connectivity index (χ1n) is 5.61. The van der Waals surface area contributed by atoms with E-state index in [0.717, 1.165) is 25.9 Å². The minimum Gasteiger partial charge on any atom is -0.368 e. The van der Waals surface area contributed by atoms with E-state index in [-0.39, 0.29) is 11.9 Å². The molecule has 1 amide bonds. The van der Waals surface area contributed by atoms with Crippen molar-refractivity contribution in [1.29, 1.82) is 0 Å². The molecule has 1 aliphatic heterocycles. The van der Waals surface area contributed by atoms with Crippen molar-refractivity contribution in [1.82, 2.24) is 19.9 Å². The Morgan fingerprint density at radius 2 is 2.12 bits per heavy atom. The van der Waals surface area contributed by atoms with E-state index in [1.54, 1.807) is 0 Å². The van der Waals surface area contributed by atoms with Crippen LogP contribution in [0.15, 0.2) is 11.5 Å². The van der Waals surface area contributed by atoms with E-state index in [0.29, 0.717) is 10.9 Å². The highest BCUT2D eigenvalue weighted by Gasteiger charge is 2.16. The molecule has 1 aliphatic rings. The van der Waals surface area contributed by atoms with E-state index >= 15 is 0 Å². The fraction of sp³-hybridized carbons (Fsp3) is 0.600. The monoisotopic (exact) mass is 253 g/mol. The summed E-state index contributed by atoms with van der Waals surface area (Å²) in [6.45, 7) is 1.75. The van der Waals surface area contributed by atoms with E-state index in [1.165, 1.54) is 24.5 Å².